The lowest BCUT2D eigenvalue weighted by atomic mass is 10.1. The molecule has 6 heteroatoms. The zero-order chi connectivity index (χ0) is 15.0. The van der Waals surface area contributed by atoms with Crippen molar-refractivity contribution in [3.05, 3.63) is 29.3 Å². The molecule has 2 aliphatic rings. The average Bonchev–Trinajstić information content (AvgIpc) is 2.70. The van der Waals surface area contributed by atoms with Gasteiger partial charge in [0.25, 0.3) is 5.91 Å². The highest BCUT2D eigenvalue weighted by molar-refractivity contribution is 6.04. The molecular formula is C15H16N2O4. The van der Waals surface area contributed by atoms with Crippen LogP contribution in [0.15, 0.2) is 18.2 Å². The molecule has 0 saturated carbocycles. The van der Waals surface area contributed by atoms with Gasteiger partial charge in [-0.15, -0.1) is 0 Å². The fourth-order valence-electron chi connectivity index (χ4n) is 2.94. The molecule has 0 radical (unpaired) electrons. The van der Waals surface area contributed by atoms with Gasteiger partial charge in [0.2, 0.25) is 11.8 Å². The van der Waals surface area contributed by atoms with E-state index in [-0.39, 0.29) is 11.8 Å². The number of amides is 3. The van der Waals surface area contributed by atoms with E-state index < -0.39 is 11.9 Å². The number of benzene rings is 1. The zero-order valence-electron chi connectivity index (χ0n) is 11.7. The first-order chi connectivity index (χ1) is 10.1. The van der Waals surface area contributed by atoms with E-state index in [9.17, 15) is 14.4 Å². The van der Waals surface area contributed by atoms with E-state index in [0.717, 1.165) is 5.56 Å². The van der Waals surface area contributed by atoms with Crippen LogP contribution in [0.25, 0.3) is 0 Å². The third-order valence-electron chi connectivity index (χ3n) is 4.00. The highest BCUT2D eigenvalue weighted by atomic mass is 16.5. The number of nitrogens with zero attached hydrogens (tertiary/aromatic N) is 1. The number of methoxy groups -OCH3 is 1. The molecule has 1 atom stereocenters. The van der Waals surface area contributed by atoms with Crippen molar-refractivity contribution in [3.63, 3.8) is 0 Å². The highest BCUT2D eigenvalue weighted by Crippen LogP contribution is 2.33. The Hall–Kier alpha value is -2.37. The topological polar surface area (TPSA) is 75.7 Å². The predicted molar refractivity (Wildman–Crippen MR) is 73.7 cm³/mol. The predicted octanol–water partition coefficient (Wildman–Crippen LogP) is 0.846. The summed E-state index contributed by atoms with van der Waals surface area (Å²) in [5.74, 6) is -0.200. The van der Waals surface area contributed by atoms with Gasteiger partial charge in [-0.3, -0.25) is 19.7 Å². The SMILES string of the molecule is COc1cccc2c1CN(C1CCCC(=O)NC1=O)C2=O. The summed E-state index contributed by atoms with van der Waals surface area (Å²) >= 11 is 0. The monoisotopic (exact) mass is 288 g/mol. The Labute approximate surface area is 122 Å². The van der Waals surface area contributed by atoms with E-state index in [1.807, 2.05) is 0 Å². The van der Waals surface area contributed by atoms with Crippen LogP contribution in [0.5, 0.6) is 5.75 Å². The second-order valence-electron chi connectivity index (χ2n) is 5.24. The lowest BCUT2D eigenvalue weighted by Crippen LogP contribution is -2.46. The highest BCUT2D eigenvalue weighted by Gasteiger charge is 2.38. The Bertz CT molecular complexity index is 626. The van der Waals surface area contributed by atoms with E-state index in [1.54, 1.807) is 25.3 Å². The summed E-state index contributed by atoms with van der Waals surface area (Å²) in [5.41, 5.74) is 1.37. The van der Waals surface area contributed by atoms with Crippen LogP contribution in [0.1, 0.15) is 35.2 Å². The summed E-state index contributed by atoms with van der Waals surface area (Å²) in [4.78, 5) is 37.5. The molecule has 2 aliphatic heterocycles. The van der Waals surface area contributed by atoms with Crippen molar-refractivity contribution in [2.75, 3.05) is 7.11 Å². The number of nitrogens with one attached hydrogen (secondary N) is 1. The molecule has 1 saturated heterocycles. The van der Waals surface area contributed by atoms with Crippen LogP contribution < -0.4 is 10.1 Å². The first-order valence-corrected chi connectivity index (χ1v) is 6.92. The van der Waals surface area contributed by atoms with Crippen LogP contribution in [0.4, 0.5) is 0 Å². The molecule has 0 aromatic heterocycles. The lowest BCUT2D eigenvalue weighted by molar-refractivity contribution is -0.132. The number of ether oxygens (including phenoxy) is 1. The van der Waals surface area contributed by atoms with Gasteiger partial charge in [0.15, 0.2) is 0 Å². The van der Waals surface area contributed by atoms with E-state index in [1.165, 1.54) is 4.90 Å². The normalized spacial score (nSPS) is 21.9. The van der Waals surface area contributed by atoms with Crippen LogP contribution >= 0.6 is 0 Å². The van der Waals surface area contributed by atoms with Gasteiger partial charge in [0.1, 0.15) is 11.8 Å². The van der Waals surface area contributed by atoms with Gasteiger partial charge in [-0.05, 0) is 25.0 Å². The minimum atomic E-state index is -0.596. The Morgan fingerprint density at radius 3 is 2.86 bits per heavy atom. The van der Waals surface area contributed by atoms with Gasteiger partial charge >= 0.3 is 0 Å². The van der Waals surface area contributed by atoms with Crippen LogP contribution in [0.2, 0.25) is 0 Å². The summed E-state index contributed by atoms with van der Waals surface area (Å²) in [5, 5.41) is 2.34. The van der Waals surface area contributed by atoms with Crippen molar-refractivity contribution >= 4 is 17.7 Å². The van der Waals surface area contributed by atoms with E-state index in [2.05, 4.69) is 5.32 Å². The molecule has 1 unspecified atom stereocenters. The summed E-state index contributed by atoms with van der Waals surface area (Å²) in [6, 6.07) is 4.70. The number of carbonyl (C=O) groups is 3. The molecule has 3 rings (SSSR count). The van der Waals surface area contributed by atoms with E-state index in [0.29, 0.717) is 37.1 Å². The van der Waals surface area contributed by atoms with Crippen molar-refractivity contribution in [1.82, 2.24) is 10.2 Å². The third kappa shape index (κ3) is 2.26. The Balaban J connectivity index is 1.90. The van der Waals surface area contributed by atoms with Crippen LogP contribution in [0.3, 0.4) is 0 Å². The molecule has 1 aromatic carbocycles. The van der Waals surface area contributed by atoms with Crippen molar-refractivity contribution in [3.8, 4) is 5.75 Å². The second-order valence-corrected chi connectivity index (χ2v) is 5.24. The summed E-state index contributed by atoms with van der Waals surface area (Å²) in [6.45, 7) is 0.338. The number of hydrogen-bond donors (Lipinski definition) is 1. The molecule has 0 spiro atoms. The van der Waals surface area contributed by atoms with Gasteiger partial charge in [-0.1, -0.05) is 6.07 Å². The molecule has 110 valence electrons. The van der Waals surface area contributed by atoms with Gasteiger partial charge in [-0.25, -0.2) is 0 Å². The average molecular weight is 288 g/mol. The maximum Gasteiger partial charge on any atom is 0.255 e. The van der Waals surface area contributed by atoms with Crippen molar-refractivity contribution in [2.45, 2.75) is 31.8 Å². The molecule has 6 nitrogen and oxygen atoms in total. The van der Waals surface area contributed by atoms with E-state index in [4.69, 9.17) is 4.74 Å². The van der Waals surface area contributed by atoms with Crippen molar-refractivity contribution in [1.29, 1.82) is 0 Å². The molecule has 2 heterocycles. The van der Waals surface area contributed by atoms with Crippen LogP contribution in [0, 0.1) is 0 Å². The molecule has 1 fully saturated rings. The summed E-state index contributed by atoms with van der Waals surface area (Å²) < 4.78 is 5.28. The first-order valence-electron chi connectivity index (χ1n) is 6.92. The van der Waals surface area contributed by atoms with Crippen LogP contribution in [-0.2, 0) is 16.1 Å². The number of hydrogen-bond acceptors (Lipinski definition) is 4. The number of fused-ring (bicyclic) bond motifs is 1. The van der Waals surface area contributed by atoms with E-state index >= 15 is 0 Å². The van der Waals surface area contributed by atoms with Crippen LogP contribution in [-0.4, -0.2) is 35.8 Å². The van der Waals surface area contributed by atoms with Crippen molar-refractivity contribution in [2.24, 2.45) is 0 Å². The maximum atomic E-state index is 12.5. The maximum absolute atomic E-state index is 12.5. The first kappa shape index (κ1) is 13.6. The lowest BCUT2D eigenvalue weighted by Gasteiger charge is -2.24. The summed E-state index contributed by atoms with van der Waals surface area (Å²) in [7, 11) is 1.56. The molecule has 3 amide bonds. The minimum absolute atomic E-state index is 0.182. The molecule has 0 bridgehead atoms. The largest absolute Gasteiger partial charge is 0.496 e. The number of imide groups is 1. The number of rotatable bonds is 2. The smallest absolute Gasteiger partial charge is 0.255 e. The molecule has 0 aliphatic carbocycles. The Morgan fingerprint density at radius 2 is 2.10 bits per heavy atom. The third-order valence-corrected chi connectivity index (χ3v) is 4.00. The molecule has 1 N–H and O–H groups in total. The fraction of sp³-hybridized carbons (Fsp3) is 0.400. The Kier molecular flexibility index (Phi) is 3.37. The summed E-state index contributed by atoms with van der Waals surface area (Å²) in [6.07, 6.45) is 1.42. The standard InChI is InChI=1S/C15H16N2O4/c1-21-12-6-2-4-9-10(12)8-17(15(9)20)11-5-3-7-13(18)16-14(11)19/h2,4,6,11H,3,5,7-8H2,1H3,(H,16,18,19). The van der Waals surface area contributed by atoms with Gasteiger partial charge < -0.3 is 9.64 Å². The van der Waals surface area contributed by atoms with Gasteiger partial charge in [0, 0.05) is 17.5 Å². The quantitative estimate of drug-likeness (QED) is 0.818. The second kappa shape index (κ2) is 5.20. The number of carbonyl (C=O) groups excluding carboxylic acids is 3. The molecule has 1 aromatic rings. The van der Waals surface area contributed by atoms with Gasteiger partial charge in [-0.2, -0.15) is 0 Å². The minimum Gasteiger partial charge on any atom is -0.496 e. The van der Waals surface area contributed by atoms with Gasteiger partial charge in [0.05, 0.1) is 13.7 Å². The zero-order valence-corrected chi connectivity index (χ0v) is 11.7. The Morgan fingerprint density at radius 1 is 1.29 bits per heavy atom. The van der Waals surface area contributed by atoms with Crippen molar-refractivity contribution < 1.29 is 19.1 Å². The molecule has 21 heavy (non-hydrogen) atoms. The molecular weight excluding hydrogens is 272 g/mol. The fourth-order valence-corrected chi connectivity index (χ4v) is 2.94.